The second kappa shape index (κ2) is 6.72. The number of ether oxygens (including phenoxy) is 1. The molecule has 5 heteroatoms. The number of carbonyl (C=O) groups is 2. The monoisotopic (exact) mass is 291 g/mol. The molecule has 0 saturated carbocycles. The Morgan fingerprint density at radius 2 is 1.95 bits per heavy atom. The van der Waals surface area contributed by atoms with Crippen LogP contribution < -0.4 is 5.32 Å². The van der Waals surface area contributed by atoms with Crippen molar-refractivity contribution in [2.45, 2.75) is 38.1 Å². The average Bonchev–Trinajstić information content (AvgIpc) is 2.95. The predicted octanol–water partition coefficient (Wildman–Crippen LogP) is 1.54. The number of rotatable bonds is 6. The van der Waals surface area contributed by atoms with E-state index in [1.54, 1.807) is 0 Å². The van der Waals surface area contributed by atoms with E-state index < -0.39 is 11.5 Å². The van der Waals surface area contributed by atoms with E-state index in [0.29, 0.717) is 19.4 Å². The van der Waals surface area contributed by atoms with Gasteiger partial charge in [0.1, 0.15) is 0 Å². The maximum atomic E-state index is 12.0. The van der Waals surface area contributed by atoms with Gasteiger partial charge in [0.2, 0.25) is 5.91 Å². The minimum atomic E-state index is -1.25. The van der Waals surface area contributed by atoms with Gasteiger partial charge in [-0.05, 0) is 24.0 Å². The highest BCUT2D eigenvalue weighted by atomic mass is 16.5. The molecule has 2 rings (SSSR count). The van der Waals surface area contributed by atoms with Gasteiger partial charge in [-0.1, -0.05) is 31.2 Å². The average molecular weight is 291 g/mol. The van der Waals surface area contributed by atoms with E-state index in [4.69, 9.17) is 4.74 Å². The molecular weight excluding hydrogens is 270 g/mol. The number of carboxylic acid groups (broad SMARTS) is 1. The first-order chi connectivity index (χ1) is 10.1. The zero-order valence-corrected chi connectivity index (χ0v) is 12.2. The Bertz CT molecular complexity index is 504. The molecule has 21 heavy (non-hydrogen) atoms. The van der Waals surface area contributed by atoms with E-state index in [1.165, 1.54) is 5.56 Å². The molecule has 0 aliphatic carbocycles. The Kier molecular flexibility index (Phi) is 4.96. The fraction of sp³-hybridized carbons (Fsp3) is 0.500. The molecule has 114 valence electrons. The van der Waals surface area contributed by atoms with E-state index in [0.717, 1.165) is 12.0 Å². The summed E-state index contributed by atoms with van der Waals surface area (Å²) in [4.78, 5) is 23.3. The van der Waals surface area contributed by atoms with E-state index in [-0.39, 0.29) is 18.9 Å². The highest BCUT2D eigenvalue weighted by Gasteiger charge is 2.43. The van der Waals surface area contributed by atoms with E-state index in [1.807, 2.05) is 12.1 Å². The van der Waals surface area contributed by atoms with Crippen molar-refractivity contribution >= 4 is 11.9 Å². The lowest BCUT2D eigenvalue weighted by molar-refractivity contribution is -0.147. The van der Waals surface area contributed by atoms with Crippen LogP contribution in [0.1, 0.15) is 30.9 Å². The summed E-state index contributed by atoms with van der Waals surface area (Å²) in [6.45, 7) is 2.50. The molecule has 1 aliphatic rings. The lowest BCUT2D eigenvalue weighted by atomic mass is 9.98. The van der Waals surface area contributed by atoms with Crippen molar-refractivity contribution < 1.29 is 19.4 Å². The largest absolute Gasteiger partial charge is 0.479 e. The number of carbonyl (C=O) groups excluding carboxylic acids is 1. The van der Waals surface area contributed by atoms with Gasteiger partial charge in [-0.3, -0.25) is 4.79 Å². The summed E-state index contributed by atoms with van der Waals surface area (Å²) < 4.78 is 5.12. The van der Waals surface area contributed by atoms with Gasteiger partial charge in [0.05, 0.1) is 6.61 Å². The smallest absolute Gasteiger partial charge is 0.331 e. The summed E-state index contributed by atoms with van der Waals surface area (Å²) in [7, 11) is 0. The van der Waals surface area contributed by atoms with Crippen LogP contribution in [0.5, 0.6) is 0 Å². The summed E-state index contributed by atoms with van der Waals surface area (Å²) in [5.74, 6) is -1.27. The van der Waals surface area contributed by atoms with Gasteiger partial charge >= 0.3 is 5.97 Å². The van der Waals surface area contributed by atoms with Crippen molar-refractivity contribution in [1.29, 1.82) is 0 Å². The third-order valence-electron chi connectivity index (χ3n) is 3.88. The fourth-order valence-corrected chi connectivity index (χ4v) is 2.41. The molecule has 0 radical (unpaired) electrons. The van der Waals surface area contributed by atoms with Crippen molar-refractivity contribution in [2.75, 3.05) is 13.2 Å². The molecule has 0 spiro atoms. The zero-order chi connectivity index (χ0) is 15.3. The number of nitrogens with one attached hydrogen (secondary N) is 1. The zero-order valence-electron chi connectivity index (χ0n) is 12.2. The first-order valence-electron chi connectivity index (χ1n) is 7.26. The lowest BCUT2D eigenvalue weighted by Crippen LogP contribution is -2.55. The lowest BCUT2D eigenvalue weighted by Gasteiger charge is -2.23. The van der Waals surface area contributed by atoms with Crippen molar-refractivity contribution in [2.24, 2.45) is 0 Å². The van der Waals surface area contributed by atoms with Crippen LogP contribution in [-0.4, -0.2) is 35.7 Å². The second-order valence-corrected chi connectivity index (χ2v) is 5.41. The van der Waals surface area contributed by atoms with Crippen LogP contribution in [0.25, 0.3) is 0 Å². The summed E-state index contributed by atoms with van der Waals surface area (Å²) >= 11 is 0. The molecule has 1 atom stereocenters. The van der Waals surface area contributed by atoms with Crippen LogP contribution in [-0.2, 0) is 27.2 Å². The Morgan fingerprint density at radius 1 is 1.29 bits per heavy atom. The molecule has 1 amide bonds. The standard InChI is InChI=1S/C16H21NO4/c1-2-12-3-5-13(6-4-12)7-8-14(18)17-16(15(19)20)9-10-21-11-16/h3-6H,2,7-11H2,1H3,(H,17,18)(H,19,20). The van der Waals surface area contributed by atoms with Gasteiger partial charge in [0, 0.05) is 19.4 Å². The molecule has 0 aromatic heterocycles. The molecule has 1 aromatic rings. The quantitative estimate of drug-likeness (QED) is 0.833. The Balaban J connectivity index is 1.87. The van der Waals surface area contributed by atoms with Crippen LogP contribution in [0.4, 0.5) is 0 Å². The molecule has 1 fully saturated rings. The Labute approximate surface area is 124 Å². The first kappa shape index (κ1) is 15.5. The normalized spacial score (nSPS) is 21.2. The van der Waals surface area contributed by atoms with Crippen molar-refractivity contribution in [3.63, 3.8) is 0 Å². The third-order valence-corrected chi connectivity index (χ3v) is 3.88. The van der Waals surface area contributed by atoms with E-state index in [2.05, 4.69) is 24.4 Å². The van der Waals surface area contributed by atoms with Gasteiger partial charge in [-0.15, -0.1) is 0 Å². The molecule has 2 N–H and O–H groups in total. The van der Waals surface area contributed by atoms with E-state index >= 15 is 0 Å². The number of hydrogen-bond acceptors (Lipinski definition) is 3. The molecule has 5 nitrogen and oxygen atoms in total. The molecule has 1 unspecified atom stereocenters. The minimum absolute atomic E-state index is 0.0409. The molecule has 1 aromatic carbocycles. The highest BCUT2D eigenvalue weighted by Crippen LogP contribution is 2.19. The topological polar surface area (TPSA) is 75.6 Å². The van der Waals surface area contributed by atoms with Crippen LogP contribution in [0.3, 0.4) is 0 Å². The highest BCUT2D eigenvalue weighted by molar-refractivity contribution is 5.87. The van der Waals surface area contributed by atoms with Crippen molar-refractivity contribution in [1.82, 2.24) is 5.32 Å². The summed E-state index contributed by atoms with van der Waals surface area (Å²) in [5, 5.41) is 11.9. The van der Waals surface area contributed by atoms with Crippen LogP contribution in [0.15, 0.2) is 24.3 Å². The summed E-state index contributed by atoms with van der Waals surface area (Å²) in [5.41, 5.74) is 1.09. The fourth-order valence-electron chi connectivity index (χ4n) is 2.41. The van der Waals surface area contributed by atoms with Crippen molar-refractivity contribution in [3.8, 4) is 0 Å². The molecule has 1 aliphatic heterocycles. The minimum Gasteiger partial charge on any atom is -0.479 e. The van der Waals surface area contributed by atoms with Gasteiger partial charge in [-0.25, -0.2) is 4.79 Å². The predicted molar refractivity (Wildman–Crippen MR) is 78.1 cm³/mol. The van der Waals surface area contributed by atoms with Gasteiger partial charge in [-0.2, -0.15) is 0 Å². The molecular formula is C16H21NO4. The summed E-state index contributed by atoms with van der Waals surface area (Å²) in [6, 6.07) is 8.13. The van der Waals surface area contributed by atoms with Crippen LogP contribution >= 0.6 is 0 Å². The van der Waals surface area contributed by atoms with Crippen LogP contribution in [0.2, 0.25) is 0 Å². The summed E-state index contributed by atoms with van der Waals surface area (Å²) in [6.07, 6.45) is 2.19. The molecule has 1 heterocycles. The number of hydrogen-bond donors (Lipinski definition) is 2. The maximum Gasteiger partial charge on any atom is 0.331 e. The Morgan fingerprint density at radius 3 is 2.48 bits per heavy atom. The Hall–Kier alpha value is -1.88. The first-order valence-corrected chi connectivity index (χ1v) is 7.26. The van der Waals surface area contributed by atoms with Gasteiger partial charge < -0.3 is 15.2 Å². The van der Waals surface area contributed by atoms with Crippen LogP contribution in [0, 0.1) is 0 Å². The second-order valence-electron chi connectivity index (χ2n) is 5.41. The SMILES string of the molecule is CCc1ccc(CCC(=O)NC2(C(=O)O)CCOC2)cc1. The molecule has 0 bridgehead atoms. The number of aryl methyl sites for hydroxylation is 2. The van der Waals surface area contributed by atoms with Crippen molar-refractivity contribution in [3.05, 3.63) is 35.4 Å². The number of carboxylic acids is 1. The molecule has 1 saturated heterocycles. The number of benzene rings is 1. The van der Waals surface area contributed by atoms with Gasteiger partial charge in [0.25, 0.3) is 0 Å². The maximum absolute atomic E-state index is 12.0. The number of aliphatic carboxylic acids is 1. The number of amides is 1. The third kappa shape index (κ3) is 3.82. The van der Waals surface area contributed by atoms with Gasteiger partial charge in [0.15, 0.2) is 5.54 Å². The van der Waals surface area contributed by atoms with E-state index in [9.17, 15) is 14.7 Å².